The van der Waals surface area contributed by atoms with Crippen LogP contribution in [0.1, 0.15) is 104 Å². The van der Waals surface area contributed by atoms with Gasteiger partial charge in [-0.15, -0.1) is 6.58 Å². The van der Waals surface area contributed by atoms with Crippen molar-refractivity contribution in [3.8, 4) is 11.5 Å². The first kappa shape index (κ1) is 42.7. The number of hydrogen-bond donors (Lipinski definition) is 1. The molecule has 1 aliphatic rings. The first-order chi connectivity index (χ1) is 26.2. The van der Waals surface area contributed by atoms with Crippen molar-refractivity contribution in [2.24, 2.45) is 23.7 Å². The van der Waals surface area contributed by atoms with Crippen LogP contribution in [0.25, 0.3) is 11.0 Å². The van der Waals surface area contributed by atoms with Gasteiger partial charge < -0.3 is 32.9 Å². The average Bonchev–Trinajstić information content (AvgIpc) is 3.63. The molecule has 0 aliphatic carbocycles. The first-order valence-corrected chi connectivity index (χ1v) is 22.1. The molecule has 1 aromatic heterocycles. The lowest BCUT2D eigenvalue weighted by molar-refractivity contribution is -0.169. The molecule has 0 radical (unpaired) electrons. The molecule has 7 nitrogen and oxygen atoms in total. The lowest BCUT2D eigenvalue weighted by atomic mass is 9.78. The number of aliphatic hydroxyl groups is 1. The summed E-state index contributed by atoms with van der Waals surface area (Å²) in [6.07, 6.45) is 3.42. The molecule has 1 N–H and O–H groups in total. The van der Waals surface area contributed by atoms with Crippen LogP contribution in [-0.2, 0) is 13.9 Å². The molecular weight excluding hydrogens is 705 g/mol. The molecule has 0 amide bonds. The highest BCUT2D eigenvalue weighted by Gasteiger charge is 2.50. The molecule has 2 heterocycles. The minimum atomic E-state index is -2.67. The van der Waals surface area contributed by atoms with E-state index in [4.69, 9.17) is 27.8 Å². The van der Waals surface area contributed by atoms with Gasteiger partial charge in [0.25, 0.3) is 8.32 Å². The van der Waals surface area contributed by atoms with E-state index in [2.05, 4.69) is 129 Å². The topological polar surface area (TPSA) is 79.5 Å². The van der Waals surface area contributed by atoms with E-state index in [-0.39, 0.29) is 41.6 Å². The highest BCUT2D eigenvalue weighted by atomic mass is 28.4. The summed E-state index contributed by atoms with van der Waals surface area (Å²) in [5.41, 5.74) is 2.43. The van der Waals surface area contributed by atoms with Gasteiger partial charge in [-0.05, 0) is 59.5 Å². The molecule has 5 rings (SSSR count). The fourth-order valence-corrected chi connectivity index (χ4v) is 13.5. The van der Waals surface area contributed by atoms with Crippen LogP contribution >= 0.6 is 0 Å². The Morgan fingerprint density at radius 2 is 1.55 bits per heavy atom. The summed E-state index contributed by atoms with van der Waals surface area (Å²) in [5.74, 6) is 2.50. The van der Waals surface area contributed by atoms with Gasteiger partial charge in [-0.1, -0.05) is 122 Å². The lowest BCUT2D eigenvalue weighted by Crippen LogP contribution is -2.66. The normalized spacial score (nSPS) is 22.3. The standard InChI is InChI=1S/C47H66O7Si/c1-13-30(2)24-25-39-33(5)42(48)34(6)44(53-39)41-38-27-40(54-43(38)35(7)45(50-12)46(41)51-29-49-11)32(4)26-31(3)28-52-55(47(8,9)10,36-20-16-14-17-21-36)37-22-18-15-19-23-37/h13-23,27,30-34,39,42,44,48H,1,24-26,28-29H2,2-12H3/t30-,31+,32+,33+,34-,39-,42+,44-/m1/s1. The number of methoxy groups -OCH3 is 2. The number of rotatable bonds is 17. The van der Waals surface area contributed by atoms with E-state index in [9.17, 15) is 5.11 Å². The highest BCUT2D eigenvalue weighted by Crippen LogP contribution is 2.52. The number of fused-ring (bicyclic) bond motifs is 1. The van der Waals surface area contributed by atoms with Crippen LogP contribution in [0.4, 0.5) is 0 Å². The smallest absolute Gasteiger partial charge is 0.261 e. The third kappa shape index (κ3) is 8.79. The molecule has 1 aliphatic heterocycles. The zero-order chi connectivity index (χ0) is 40.1. The third-order valence-electron chi connectivity index (χ3n) is 12.0. The molecule has 0 spiro atoms. The zero-order valence-corrected chi connectivity index (χ0v) is 36.2. The second kappa shape index (κ2) is 18.2. The number of aryl methyl sites for hydroxylation is 1. The number of furan rings is 1. The monoisotopic (exact) mass is 770 g/mol. The number of aliphatic hydroxyl groups excluding tert-OH is 1. The van der Waals surface area contributed by atoms with Crippen molar-refractivity contribution in [1.82, 2.24) is 0 Å². The van der Waals surface area contributed by atoms with E-state index >= 15 is 0 Å². The van der Waals surface area contributed by atoms with Crippen molar-refractivity contribution in [2.75, 3.05) is 27.6 Å². The minimum Gasteiger partial charge on any atom is -0.492 e. The van der Waals surface area contributed by atoms with E-state index in [1.54, 1.807) is 14.2 Å². The molecule has 1 saturated heterocycles. The van der Waals surface area contributed by atoms with Gasteiger partial charge in [0.1, 0.15) is 11.3 Å². The van der Waals surface area contributed by atoms with Crippen LogP contribution in [0.15, 0.2) is 83.8 Å². The number of benzene rings is 3. The lowest BCUT2D eigenvalue weighted by Gasteiger charge is -2.44. The van der Waals surface area contributed by atoms with Crippen LogP contribution in [-0.4, -0.2) is 53.3 Å². The summed E-state index contributed by atoms with van der Waals surface area (Å²) in [5, 5.41) is 15.0. The summed E-state index contributed by atoms with van der Waals surface area (Å²) in [6.45, 7) is 24.4. The Hall–Kier alpha value is -3.40. The molecular formula is C47H66O7Si. The van der Waals surface area contributed by atoms with Crippen LogP contribution in [0.3, 0.4) is 0 Å². The number of allylic oxidation sites excluding steroid dienone is 1. The maximum Gasteiger partial charge on any atom is 0.261 e. The molecule has 0 bridgehead atoms. The Balaban J connectivity index is 1.50. The second-order valence-electron chi connectivity index (χ2n) is 17.2. The van der Waals surface area contributed by atoms with Gasteiger partial charge in [0.05, 0.1) is 25.4 Å². The fraction of sp³-hybridized carbons (Fsp3) is 0.532. The zero-order valence-electron chi connectivity index (χ0n) is 35.2. The molecule has 300 valence electrons. The molecule has 0 saturated carbocycles. The Morgan fingerprint density at radius 1 is 0.927 bits per heavy atom. The molecule has 4 aromatic rings. The summed E-state index contributed by atoms with van der Waals surface area (Å²) >= 11 is 0. The Morgan fingerprint density at radius 3 is 2.09 bits per heavy atom. The fourth-order valence-electron chi connectivity index (χ4n) is 8.78. The maximum absolute atomic E-state index is 11.7. The van der Waals surface area contributed by atoms with Crippen molar-refractivity contribution in [3.63, 3.8) is 0 Å². The minimum absolute atomic E-state index is 0.0260. The van der Waals surface area contributed by atoms with E-state index in [0.717, 1.165) is 47.1 Å². The van der Waals surface area contributed by atoms with Crippen LogP contribution < -0.4 is 19.8 Å². The molecule has 8 heteroatoms. The first-order valence-electron chi connectivity index (χ1n) is 20.2. The van der Waals surface area contributed by atoms with Crippen molar-refractivity contribution in [1.29, 1.82) is 0 Å². The summed E-state index contributed by atoms with van der Waals surface area (Å²) in [4.78, 5) is 0. The van der Waals surface area contributed by atoms with E-state index in [0.29, 0.717) is 24.0 Å². The molecule has 0 unspecified atom stereocenters. The molecule has 8 atom stereocenters. The van der Waals surface area contributed by atoms with Gasteiger partial charge in [0, 0.05) is 48.0 Å². The summed E-state index contributed by atoms with van der Waals surface area (Å²) < 4.78 is 38.9. The summed E-state index contributed by atoms with van der Waals surface area (Å²) in [7, 11) is 0.589. The Labute approximate surface area is 331 Å². The Kier molecular flexibility index (Phi) is 14.2. The predicted octanol–water partition coefficient (Wildman–Crippen LogP) is 10.1. The van der Waals surface area contributed by atoms with Crippen molar-refractivity contribution in [2.45, 2.75) is 111 Å². The van der Waals surface area contributed by atoms with Gasteiger partial charge in [-0.2, -0.15) is 0 Å². The number of ether oxygens (including phenoxy) is 4. The molecule has 55 heavy (non-hydrogen) atoms. The van der Waals surface area contributed by atoms with Gasteiger partial charge in [-0.25, -0.2) is 0 Å². The van der Waals surface area contributed by atoms with E-state index in [1.807, 2.05) is 13.0 Å². The van der Waals surface area contributed by atoms with E-state index in [1.165, 1.54) is 10.4 Å². The van der Waals surface area contributed by atoms with Crippen molar-refractivity contribution in [3.05, 3.63) is 96.3 Å². The number of hydrogen-bond acceptors (Lipinski definition) is 7. The average molecular weight is 771 g/mol. The van der Waals surface area contributed by atoms with Crippen molar-refractivity contribution < 1.29 is 32.9 Å². The van der Waals surface area contributed by atoms with Crippen molar-refractivity contribution >= 4 is 29.7 Å². The largest absolute Gasteiger partial charge is 0.492 e. The molecule has 1 fully saturated rings. The predicted molar refractivity (Wildman–Crippen MR) is 226 cm³/mol. The van der Waals surface area contributed by atoms with Gasteiger partial charge in [0.15, 0.2) is 18.3 Å². The van der Waals surface area contributed by atoms with E-state index < -0.39 is 20.5 Å². The highest BCUT2D eigenvalue weighted by molar-refractivity contribution is 6.99. The van der Waals surface area contributed by atoms with Crippen LogP contribution in [0, 0.1) is 30.6 Å². The van der Waals surface area contributed by atoms with Gasteiger partial charge >= 0.3 is 0 Å². The quantitative estimate of drug-likeness (QED) is 0.0651. The second-order valence-corrected chi connectivity index (χ2v) is 21.5. The Bertz CT molecular complexity index is 1790. The SMILES string of the molecule is C=C[C@@H](C)CC[C@H]1O[C@@H](c2c(OCOC)c(OC)c(C)c3oc([C@@H](C)C[C@H](C)CO[Si](c4ccccc4)(c4ccccc4)C(C)(C)C)cc23)[C@H](C)[C@@H](O)[C@H]1C. The summed E-state index contributed by atoms with van der Waals surface area (Å²) in [6, 6.07) is 23.8. The van der Waals surface area contributed by atoms with Crippen LogP contribution in [0.5, 0.6) is 11.5 Å². The maximum atomic E-state index is 11.7. The van der Waals surface area contributed by atoms with Crippen LogP contribution in [0.2, 0.25) is 5.04 Å². The van der Waals surface area contributed by atoms with Gasteiger partial charge in [0.2, 0.25) is 0 Å². The molecule has 3 aromatic carbocycles. The third-order valence-corrected chi connectivity index (χ3v) is 17.0. The van der Waals surface area contributed by atoms with Gasteiger partial charge in [-0.3, -0.25) is 0 Å².